The molecule has 0 fully saturated rings. The molecule has 3 rings (SSSR count). The first-order valence-electron chi connectivity index (χ1n) is 7.69. The fourth-order valence-corrected chi connectivity index (χ4v) is 2.30. The number of hydrogen-bond donors (Lipinski definition) is 2. The standard InChI is InChI=1S/C19H15F2N3O2/c1-26-18-5-3-2-4-16(18)23-13-8-9-22-17(11-13)19(25)24-12-6-7-14(20)15(21)10-12/h2-11H,1H3,(H,22,23)(H,24,25). The Morgan fingerprint density at radius 2 is 1.81 bits per heavy atom. The topological polar surface area (TPSA) is 63.2 Å². The van der Waals surface area contributed by atoms with Crippen molar-refractivity contribution in [3.8, 4) is 5.75 Å². The van der Waals surface area contributed by atoms with E-state index in [2.05, 4.69) is 15.6 Å². The number of hydrogen-bond acceptors (Lipinski definition) is 4. The fourth-order valence-electron chi connectivity index (χ4n) is 2.30. The number of nitrogens with one attached hydrogen (secondary N) is 2. The predicted molar refractivity (Wildman–Crippen MR) is 94.8 cm³/mol. The Bertz CT molecular complexity index is 948. The van der Waals surface area contributed by atoms with Crippen LogP contribution in [-0.2, 0) is 0 Å². The average Bonchev–Trinajstić information content (AvgIpc) is 2.65. The Balaban J connectivity index is 1.78. The molecule has 0 radical (unpaired) electrons. The number of pyridine rings is 1. The molecule has 5 nitrogen and oxygen atoms in total. The van der Waals surface area contributed by atoms with Crippen molar-refractivity contribution in [2.75, 3.05) is 17.7 Å². The van der Waals surface area contributed by atoms with E-state index in [1.807, 2.05) is 18.2 Å². The van der Waals surface area contributed by atoms with Crippen LogP contribution in [0.1, 0.15) is 10.5 Å². The number of methoxy groups -OCH3 is 1. The maximum Gasteiger partial charge on any atom is 0.274 e. The van der Waals surface area contributed by atoms with Crippen molar-refractivity contribution in [2.45, 2.75) is 0 Å². The molecule has 1 amide bonds. The summed E-state index contributed by atoms with van der Waals surface area (Å²) in [5.41, 5.74) is 1.61. The van der Waals surface area contributed by atoms with Gasteiger partial charge in [-0.15, -0.1) is 0 Å². The smallest absolute Gasteiger partial charge is 0.274 e. The lowest BCUT2D eigenvalue weighted by molar-refractivity contribution is 0.102. The number of rotatable bonds is 5. The van der Waals surface area contributed by atoms with Gasteiger partial charge in [0.25, 0.3) is 5.91 Å². The number of anilines is 3. The number of carbonyl (C=O) groups is 1. The van der Waals surface area contributed by atoms with Crippen LogP contribution in [0.25, 0.3) is 0 Å². The minimum atomic E-state index is -1.04. The first-order valence-corrected chi connectivity index (χ1v) is 7.69. The van der Waals surface area contributed by atoms with Gasteiger partial charge in [-0.05, 0) is 36.4 Å². The second-order valence-corrected chi connectivity index (χ2v) is 5.34. The second kappa shape index (κ2) is 7.60. The molecule has 0 unspecified atom stereocenters. The quantitative estimate of drug-likeness (QED) is 0.714. The largest absolute Gasteiger partial charge is 0.495 e. The van der Waals surface area contributed by atoms with Crippen molar-refractivity contribution in [2.24, 2.45) is 0 Å². The normalized spacial score (nSPS) is 10.3. The summed E-state index contributed by atoms with van der Waals surface area (Å²) in [4.78, 5) is 16.3. The van der Waals surface area contributed by atoms with E-state index in [0.29, 0.717) is 11.4 Å². The highest BCUT2D eigenvalue weighted by molar-refractivity contribution is 6.03. The molecule has 0 saturated carbocycles. The van der Waals surface area contributed by atoms with Crippen LogP contribution in [0.3, 0.4) is 0 Å². The van der Waals surface area contributed by atoms with Crippen molar-refractivity contribution in [1.29, 1.82) is 0 Å². The third-order valence-electron chi connectivity index (χ3n) is 3.56. The molecule has 2 aromatic carbocycles. The molecule has 0 bridgehead atoms. The highest BCUT2D eigenvalue weighted by atomic mass is 19.2. The fraction of sp³-hybridized carbons (Fsp3) is 0.0526. The monoisotopic (exact) mass is 355 g/mol. The first kappa shape index (κ1) is 17.3. The maximum absolute atomic E-state index is 13.2. The molecule has 26 heavy (non-hydrogen) atoms. The Morgan fingerprint density at radius 1 is 1.00 bits per heavy atom. The van der Waals surface area contributed by atoms with Crippen molar-refractivity contribution in [3.63, 3.8) is 0 Å². The van der Waals surface area contributed by atoms with Gasteiger partial charge in [-0.3, -0.25) is 9.78 Å². The van der Waals surface area contributed by atoms with E-state index in [-0.39, 0.29) is 11.4 Å². The van der Waals surface area contributed by atoms with Crippen molar-refractivity contribution in [3.05, 3.63) is 78.1 Å². The number of halogens is 2. The summed E-state index contributed by atoms with van der Waals surface area (Å²) in [7, 11) is 1.56. The number of ether oxygens (including phenoxy) is 1. The summed E-state index contributed by atoms with van der Waals surface area (Å²) in [6, 6.07) is 13.7. The SMILES string of the molecule is COc1ccccc1Nc1ccnc(C(=O)Nc2ccc(F)c(F)c2)c1. The third kappa shape index (κ3) is 3.94. The number of carbonyl (C=O) groups excluding carboxylic acids is 1. The van der Waals surface area contributed by atoms with Crippen LogP contribution in [0.4, 0.5) is 25.8 Å². The molecular formula is C19H15F2N3O2. The Kier molecular flexibility index (Phi) is 5.07. The number of amides is 1. The molecule has 132 valence electrons. The Hall–Kier alpha value is -3.48. The molecule has 0 aliphatic rings. The van der Waals surface area contributed by atoms with Crippen molar-refractivity contribution >= 4 is 23.0 Å². The molecule has 0 spiro atoms. The zero-order valence-electron chi connectivity index (χ0n) is 13.8. The summed E-state index contributed by atoms with van der Waals surface area (Å²) >= 11 is 0. The zero-order valence-corrected chi connectivity index (χ0v) is 13.8. The lowest BCUT2D eigenvalue weighted by Crippen LogP contribution is -2.14. The van der Waals surface area contributed by atoms with Crippen LogP contribution in [-0.4, -0.2) is 18.0 Å². The molecule has 0 aliphatic carbocycles. The molecule has 7 heteroatoms. The van der Waals surface area contributed by atoms with Gasteiger partial charge in [0.05, 0.1) is 12.8 Å². The van der Waals surface area contributed by atoms with E-state index in [1.165, 1.54) is 12.3 Å². The second-order valence-electron chi connectivity index (χ2n) is 5.34. The van der Waals surface area contributed by atoms with Crippen LogP contribution in [0.5, 0.6) is 5.75 Å². The molecule has 0 saturated heterocycles. The molecule has 0 aliphatic heterocycles. The number of para-hydroxylation sites is 2. The molecule has 1 aromatic heterocycles. The zero-order chi connectivity index (χ0) is 18.5. The van der Waals surface area contributed by atoms with E-state index in [0.717, 1.165) is 17.8 Å². The van der Waals surface area contributed by atoms with Gasteiger partial charge in [0.15, 0.2) is 11.6 Å². The van der Waals surface area contributed by atoms with E-state index < -0.39 is 17.5 Å². The first-order chi connectivity index (χ1) is 12.6. The van der Waals surface area contributed by atoms with Gasteiger partial charge >= 0.3 is 0 Å². The molecule has 3 aromatic rings. The van der Waals surface area contributed by atoms with Crippen molar-refractivity contribution in [1.82, 2.24) is 4.98 Å². The van der Waals surface area contributed by atoms with Crippen LogP contribution < -0.4 is 15.4 Å². The Labute approximate surface area is 148 Å². The van der Waals surface area contributed by atoms with Gasteiger partial charge in [0.1, 0.15) is 11.4 Å². The highest BCUT2D eigenvalue weighted by Crippen LogP contribution is 2.27. The predicted octanol–water partition coefficient (Wildman–Crippen LogP) is 4.36. The molecule has 1 heterocycles. The maximum atomic E-state index is 13.2. The van der Waals surface area contributed by atoms with Gasteiger partial charge in [-0.25, -0.2) is 8.78 Å². The summed E-state index contributed by atoms with van der Waals surface area (Å²) in [6.45, 7) is 0. The van der Waals surface area contributed by atoms with E-state index in [9.17, 15) is 13.6 Å². The number of aromatic nitrogens is 1. The van der Waals surface area contributed by atoms with Gasteiger partial charge in [-0.2, -0.15) is 0 Å². The molecular weight excluding hydrogens is 340 g/mol. The van der Waals surface area contributed by atoms with Crippen LogP contribution in [0, 0.1) is 11.6 Å². The summed E-state index contributed by atoms with van der Waals surface area (Å²) < 4.78 is 31.5. The van der Waals surface area contributed by atoms with Crippen LogP contribution in [0.15, 0.2) is 60.8 Å². The van der Waals surface area contributed by atoms with Gasteiger partial charge in [0, 0.05) is 23.6 Å². The van der Waals surface area contributed by atoms with Crippen LogP contribution >= 0.6 is 0 Å². The summed E-state index contributed by atoms with van der Waals surface area (Å²) in [5.74, 6) is -1.91. The van der Waals surface area contributed by atoms with Crippen LogP contribution in [0.2, 0.25) is 0 Å². The third-order valence-corrected chi connectivity index (χ3v) is 3.56. The van der Waals surface area contributed by atoms with E-state index in [1.54, 1.807) is 25.3 Å². The molecule has 0 atom stereocenters. The summed E-state index contributed by atoms with van der Waals surface area (Å²) in [6.07, 6.45) is 1.47. The number of benzene rings is 2. The number of nitrogens with zero attached hydrogens (tertiary/aromatic N) is 1. The highest BCUT2D eigenvalue weighted by Gasteiger charge is 2.11. The van der Waals surface area contributed by atoms with Gasteiger partial charge < -0.3 is 15.4 Å². The van der Waals surface area contributed by atoms with Gasteiger partial charge in [0.2, 0.25) is 0 Å². The van der Waals surface area contributed by atoms with E-state index >= 15 is 0 Å². The van der Waals surface area contributed by atoms with Crippen molar-refractivity contribution < 1.29 is 18.3 Å². The average molecular weight is 355 g/mol. The minimum absolute atomic E-state index is 0.120. The van der Waals surface area contributed by atoms with Gasteiger partial charge in [-0.1, -0.05) is 12.1 Å². The lowest BCUT2D eigenvalue weighted by atomic mass is 10.2. The molecule has 2 N–H and O–H groups in total. The Morgan fingerprint density at radius 3 is 2.58 bits per heavy atom. The van der Waals surface area contributed by atoms with E-state index in [4.69, 9.17) is 4.74 Å². The summed E-state index contributed by atoms with van der Waals surface area (Å²) in [5, 5.41) is 5.62. The lowest BCUT2D eigenvalue weighted by Gasteiger charge is -2.11. The minimum Gasteiger partial charge on any atom is -0.495 e.